The number of rotatable bonds is 7. The fourth-order valence-electron chi connectivity index (χ4n) is 3.35. The molecule has 8 heteroatoms. The molecule has 0 aliphatic carbocycles. The molecule has 0 aromatic heterocycles. The van der Waals surface area contributed by atoms with Crippen LogP contribution in [-0.2, 0) is 9.59 Å². The van der Waals surface area contributed by atoms with E-state index < -0.39 is 22.8 Å². The highest BCUT2D eigenvalue weighted by Gasteiger charge is 2.63. The number of hydrogen-bond acceptors (Lipinski definition) is 6. The first-order chi connectivity index (χ1) is 12.8. The highest BCUT2D eigenvalue weighted by atomic mass is 32.2. The van der Waals surface area contributed by atoms with Gasteiger partial charge >= 0.3 is 5.97 Å². The molecule has 1 amide bonds. The lowest BCUT2D eigenvalue weighted by Gasteiger charge is -2.41. The van der Waals surface area contributed by atoms with Crippen LogP contribution in [0.2, 0.25) is 0 Å². The third-order valence-corrected chi connectivity index (χ3v) is 6.27. The van der Waals surface area contributed by atoms with E-state index >= 15 is 0 Å². The van der Waals surface area contributed by atoms with Gasteiger partial charge in [0.2, 0.25) is 0 Å². The van der Waals surface area contributed by atoms with Gasteiger partial charge in [0.15, 0.2) is 6.04 Å². The van der Waals surface area contributed by atoms with Crippen LogP contribution in [0.3, 0.4) is 0 Å². The number of carbonyl (C=O) groups excluding carboxylic acids is 1. The average molecular weight is 388 g/mol. The molecule has 2 fully saturated rings. The molecule has 3 N–H and O–H groups in total. The molecule has 2 aliphatic heterocycles. The zero-order valence-corrected chi connectivity index (χ0v) is 16.2. The Bertz CT molecular complexity index is 776. The number of carboxylic acids is 1. The summed E-state index contributed by atoms with van der Waals surface area (Å²) in [5, 5.41) is 9.23. The second-order valence-corrected chi connectivity index (χ2v) is 8.98. The topological polar surface area (TPSA) is 108 Å². The van der Waals surface area contributed by atoms with Crippen LogP contribution in [0.15, 0.2) is 34.3 Å². The normalized spacial score (nSPS) is 26.5. The van der Waals surface area contributed by atoms with E-state index in [1.165, 1.54) is 16.7 Å². The molecule has 3 rings (SSSR count). The maximum Gasteiger partial charge on any atom is 0.327 e. The quantitative estimate of drug-likeness (QED) is 0.323. The van der Waals surface area contributed by atoms with E-state index in [4.69, 9.17) is 5.73 Å². The van der Waals surface area contributed by atoms with Crippen molar-refractivity contribution in [2.24, 2.45) is 9.98 Å². The number of β-lactam (4-membered cyclic amide) rings is 1. The van der Waals surface area contributed by atoms with Crippen LogP contribution < -0.4 is 5.73 Å². The minimum atomic E-state index is -0.953. The second-order valence-electron chi connectivity index (χ2n) is 7.21. The highest BCUT2D eigenvalue weighted by molar-refractivity contribution is 8.01. The number of fused-ring (bicyclic) bond motifs is 1. The van der Waals surface area contributed by atoms with Crippen LogP contribution in [0.5, 0.6) is 0 Å². The van der Waals surface area contributed by atoms with Crippen LogP contribution in [-0.4, -0.2) is 56.5 Å². The SMILES string of the molecule is CC1(C)SC2[C@H](N=CCCCC=Nc3ccc(N)cc3)C(=O)N2[C@H]1C(=O)O. The predicted octanol–water partition coefficient (Wildman–Crippen LogP) is 2.73. The molecule has 1 aromatic rings. The molecule has 2 aliphatic rings. The van der Waals surface area contributed by atoms with Gasteiger partial charge in [0.1, 0.15) is 11.4 Å². The average Bonchev–Trinajstić information content (AvgIpc) is 2.87. The van der Waals surface area contributed by atoms with E-state index in [1.807, 2.05) is 44.3 Å². The largest absolute Gasteiger partial charge is 0.480 e. The van der Waals surface area contributed by atoms with E-state index in [-0.39, 0.29) is 11.3 Å². The maximum atomic E-state index is 12.3. The van der Waals surface area contributed by atoms with E-state index in [2.05, 4.69) is 9.98 Å². The molecule has 2 saturated heterocycles. The fourth-order valence-corrected chi connectivity index (χ4v) is 4.97. The summed E-state index contributed by atoms with van der Waals surface area (Å²) in [6.45, 7) is 3.73. The van der Waals surface area contributed by atoms with Crippen molar-refractivity contribution in [3.63, 3.8) is 0 Å². The number of amides is 1. The molecule has 3 atom stereocenters. The van der Waals surface area contributed by atoms with Crippen molar-refractivity contribution in [3.05, 3.63) is 24.3 Å². The Morgan fingerprint density at radius 1 is 1.30 bits per heavy atom. The molecule has 1 unspecified atom stereocenters. The summed E-state index contributed by atoms with van der Waals surface area (Å²) in [5.41, 5.74) is 7.22. The van der Waals surface area contributed by atoms with Gasteiger partial charge in [-0.3, -0.25) is 14.8 Å². The number of aliphatic imine (C=N–C) groups is 2. The van der Waals surface area contributed by atoms with E-state index in [0.29, 0.717) is 5.69 Å². The summed E-state index contributed by atoms with van der Waals surface area (Å²) in [7, 11) is 0. The van der Waals surface area contributed by atoms with Crippen molar-refractivity contribution in [1.29, 1.82) is 0 Å². The van der Waals surface area contributed by atoms with Crippen molar-refractivity contribution < 1.29 is 14.7 Å². The lowest BCUT2D eigenvalue weighted by atomic mass is 9.96. The second kappa shape index (κ2) is 7.72. The summed E-state index contributed by atoms with van der Waals surface area (Å²) >= 11 is 1.52. The Morgan fingerprint density at radius 2 is 1.96 bits per heavy atom. The van der Waals surface area contributed by atoms with Gasteiger partial charge in [-0.2, -0.15) is 0 Å². The first-order valence-corrected chi connectivity index (χ1v) is 9.82. The number of benzene rings is 1. The van der Waals surface area contributed by atoms with Gasteiger partial charge in [-0.05, 0) is 63.6 Å². The summed E-state index contributed by atoms with van der Waals surface area (Å²) in [6.07, 6.45) is 6.09. The monoisotopic (exact) mass is 388 g/mol. The molecular weight excluding hydrogens is 364 g/mol. The number of nitrogens with two attached hydrogens (primary N) is 1. The van der Waals surface area contributed by atoms with Crippen molar-refractivity contribution in [1.82, 2.24) is 4.90 Å². The summed E-state index contributed by atoms with van der Waals surface area (Å²) < 4.78 is -0.505. The zero-order valence-electron chi connectivity index (χ0n) is 15.4. The van der Waals surface area contributed by atoms with E-state index in [0.717, 1.165) is 24.9 Å². The summed E-state index contributed by atoms with van der Waals surface area (Å²) in [4.78, 5) is 34.0. The molecule has 144 valence electrons. The smallest absolute Gasteiger partial charge is 0.327 e. The minimum Gasteiger partial charge on any atom is -0.480 e. The highest BCUT2D eigenvalue weighted by Crippen LogP contribution is 2.51. The number of nitrogen functional groups attached to an aromatic ring is 1. The standard InChI is InChI=1S/C19H24N4O3S/c1-19(2)15(18(25)26)23-16(24)14(17(23)27-19)22-11-5-3-4-10-21-13-8-6-12(20)7-9-13/h6-11,14-15,17H,3-5,20H2,1-2H3,(H,25,26)/t14-,15+,17?/m1/s1. The summed E-state index contributed by atoms with van der Waals surface area (Å²) in [5.74, 6) is -1.14. The maximum absolute atomic E-state index is 12.3. The van der Waals surface area contributed by atoms with Crippen molar-refractivity contribution in [3.8, 4) is 0 Å². The molecule has 0 radical (unpaired) electrons. The Kier molecular flexibility index (Phi) is 5.55. The molecule has 2 heterocycles. The number of aliphatic carboxylic acids is 1. The van der Waals surface area contributed by atoms with Gasteiger partial charge < -0.3 is 15.7 Å². The number of thioether (sulfide) groups is 1. The van der Waals surface area contributed by atoms with Crippen molar-refractivity contribution >= 4 is 47.4 Å². The molecule has 0 saturated carbocycles. The molecule has 0 spiro atoms. The molecule has 7 nitrogen and oxygen atoms in total. The van der Waals surface area contributed by atoms with Gasteiger partial charge in [-0.1, -0.05) is 0 Å². The van der Waals surface area contributed by atoms with Gasteiger partial charge in [-0.25, -0.2) is 4.79 Å². The van der Waals surface area contributed by atoms with Gasteiger partial charge in [-0.15, -0.1) is 11.8 Å². The van der Waals surface area contributed by atoms with Gasteiger partial charge in [0.25, 0.3) is 5.91 Å². The molecule has 1 aromatic carbocycles. The third-order valence-electron chi connectivity index (χ3n) is 4.71. The lowest BCUT2D eigenvalue weighted by molar-refractivity contribution is -0.158. The lowest BCUT2D eigenvalue weighted by Crippen LogP contribution is -2.64. The van der Waals surface area contributed by atoms with Crippen molar-refractivity contribution in [2.45, 2.75) is 55.3 Å². The Hall–Kier alpha value is -2.35. The van der Waals surface area contributed by atoms with Crippen LogP contribution in [0.4, 0.5) is 11.4 Å². The Morgan fingerprint density at radius 3 is 2.63 bits per heavy atom. The van der Waals surface area contributed by atoms with Crippen LogP contribution in [0.1, 0.15) is 33.1 Å². The molecule has 27 heavy (non-hydrogen) atoms. The van der Waals surface area contributed by atoms with E-state index in [1.54, 1.807) is 6.21 Å². The number of carboxylic acid groups (broad SMARTS) is 1. The first kappa shape index (κ1) is 19.4. The van der Waals surface area contributed by atoms with Gasteiger partial charge in [0, 0.05) is 16.6 Å². The fraction of sp³-hybridized carbons (Fsp3) is 0.474. The zero-order chi connectivity index (χ0) is 19.6. The van der Waals surface area contributed by atoms with Gasteiger partial charge in [0.05, 0.1) is 5.69 Å². The van der Waals surface area contributed by atoms with Crippen molar-refractivity contribution in [2.75, 3.05) is 5.73 Å². The van der Waals surface area contributed by atoms with E-state index in [9.17, 15) is 14.7 Å². The number of hydrogen-bond donors (Lipinski definition) is 2. The van der Waals surface area contributed by atoms with Crippen LogP contribution in [0, 0.1) is 0 Å². The Balaban J connectivity index is 1.44. The number of carbonyl (C=O) groups is 2. The Labute approximate surface area is 162 Å². The van der Waals surface area contributed by atoms with Crippen LogP contribution in [0.25, 0.3) is 0 Å². The third kappa shape index (κ3) is 4.00. The predicted molar refractivity (Wildman–Crippen MR) is 109 cm³/mol. The first-order valence-electron chi connectivity index (χ1n) is 8.94. The molecular formula is C19H24N4O3S. The number of nitrogens with zero attached hydrogens (tertiary/aromatic N) is 3. The summed E-state index contributed by atoms with van der Waals surface area (Å²) in [6, 6.07) is 6.13. The number of anilines is 1. The minimum absolute atomic E-state index is 0.170. The number of unbranched alkanes of at least 4 members (excludes halogenated alkanes) is 2. The van der Waals surface area contributed by atoms with Crippen LogP contribution >= 0.6 is 11.8 Å². The molecule has 0 bridgehead atoms.